The zero-order valence-corrected chi connectivity index (χ0v) is 12.2. The summed E-state index contributed by atoms with van der Waals surface area (Å²) in [6.07, 6.45) is 0. The highest BCUT2D eigenvalue weighted by atomic mass is 19.1. The largest absolute Gasteiger partial charge is 0.497 e. The molecule has 0 bridgehead atoms. The van der Waals surface area contributed by atoms with Crippen LogP contribution >= 0.6 is 0 Å². The number of aromatic nitrogens is 2. The summed E-state index contributed by atoms with van der Waals surface area (Å²) in [6, 6.07) is 11.0. The molecule has 0 aromatic heterocycles. The Morgan fingerprint density at radius 3 is 2.70 bits per heavy atom. The number of halogens is 2. The van der Waals surface area contributed by atoms with Crippen molar-refractivity contribution in [3.05, 3.63) is 54.1 Å². The van der Waals surface area contributed by atoms with E-state index < -0.39 is 11.6 Å². The molecule has 4 nitrogen and oxygen atoms in total. The fourth-order valence-corrected chi connectivity index (χ4v) is 2.73. The number of rotatable bonds is 3. The topological polar surface area (TPSA) is 52.8 Å². The van der Waals surface area contributed by atoms with E-state index in [2.05, 4.69) is 15.5 Å². The van der Waals surface area contributed by atoms with Crippen LogP contribution in [0.2, 0.25) is 0 Å². The Hall–Kier alpha value is -3.02. The number of methoxy groups -OCH3 is 1. The lowest BCUT2D eigenvalue weighted by molar-refractivity contribution is 0.415. The van der Waals surface area contributed by atoms with Crippen molar-refractivity contribution in [3.8, 4) is 17.0 Å². The molecule has 0 saturated heterocycles. The van der Waals surface area contributed by atoms with E-state index in [9.17, 15) is 8.78 Å². The van der Waals surface area contributed by atoms with Crippen LogP contribution in [-0.2, 0) is 0 Å². The van der Waals surface area contributed by atoms with Gasteiger partial charge in [0.25, 0.3) is 0 Å². The Kier molecular flexibility index (Phi) is 2.97. The van der Waals surface area contributed by atoms with Crippen LogP contribution in [0.3, 0.4) is 0 Å². The average Bonchev–Trinajstić information content (AvgIpc) is 3.10. The van der Waals surface area contributed by atoms with Gasteiger partial charge in [0, 0.05) is 17.0 Å². The SMILES string of the molecule is COc1ccc2cc3c(Nc4cc(F)ccc4F)[nH][nH]c-3c2c1. The van der Waals surface area contributed by atoms with E-state index in [0.717, 1.165) is 46.0 Å². The predicted molar refractivity (Wildman–Crippen MR) is 85.5 cm³/mol. The van der Waals surface area contributed by atoms with Gasteiger partial charge in [0.2, 0.25) is 0 Å². The summed E-state index contributed by atoms with van der Waals surface area (Å²) in [7, 11) is 1.61. The molecule has 4 rings (SSSR count). The van der Waals surface area contributed by atoms with E-state index in [1.807, 2.05) is 24.3 Å². The molecule has 0 saturated carbocycles. The first-order valence-electron chi connectivity index (χ1n) is 7.04. The number of H-pyrrole nitrogens is 2. The predicted octanol–water partition coefficient (Wildman–Crippen LogP) is 4.63. The molecule has 6 heteroatoms. The minimum absolute atomic E-state index is 0.0741. The van der Waals surface area contributed by atoms with Gasteiger partial charge >= 0.3 is 0 Å². The standard InChI is InChI=1S/C17H13F2N3O/c1-23-11-4-2-9-6-13-16(12(9)8-11)21-22-17(13)20-15-7-10(18)3-5-14(15)19/h2-8,20-22H,1H3. The van der Waals surface area contributed by atoms with Crippen LogP contribution in [0.1, 0.15) is 0 Å². The highest BCUT2D eigenvalue weighted by Crippen LogP contribution is 2.39. The summed E-state index contributed by atoms with van der Waals surface area (Å²) < 4.78 is 32.3. The Morgan fingerprint density at radius 1 is 1.00 bits per heavy atom. The van der Waals surface area contributed by atoms with Crippen LogP contribution < -0.4 is 10.1 Å². The van der Waals surface area contributed by atoms with Gasteiger partial charge in [-0.25, -0.2) is 8.78 Å². The molecule has 1 aliphatic heterocycles. The van der Waals surface area contributed by atoms with Gasteiger partial charge in [0.05, 0.1) is 18.5 Å². The van der Waals surface area contributed by atoms with Crippen molar-refractivity contribution in [2.75, 3.05) is 12.4 Å². The molecule has 116 valence electrons. The van der Waals surface area contributed by atoms with Gasteiger partial charge in [-0.15, -0.1) is 0 Å². The number of hydrogen-bond acceptors (Lipinski definition) is 2. The molecule has 0 unspecified atom stereocenters. The Bertz CT molecular complexity index is 973. The molecule has 0 spiro atoms. The molecule has 3 N–H and O–H groups in total. The third-order valence-corrected chi connectivity index (χ3v) is 3.87. The Balaban J connectivity index is 1.78. The second-order valence-electron chi connectivity index (χ2n) is 5.26. The summed E-state index contributed by atoms with van der Waals surface area (Å²) in [6.45, 7) is 0. The molecule has 0 radical (unpaired) electrons. The first-order chi connectivity index (χ1) is 11.2. The van der Waals surface area contributed by atoms with E-state index in [-0.39, 0.29) is 5.69 Å². The van der Waals surface area contributed by atoms with E-state index in [0.29, 0.717) is 5.82 Å². The molecule has 0 atom stereocenters. The van der Waals surface area contributed by atoms with Crippen molar-refractivity contribution < 1.29 is 13.5 Å². The number of ether oxygens (including phenoxy) is 1. The van der Waals surface area contributed by atoms with Crippen molar-refractivity contribution in [3.63, 3.8) is 0 Å². The normalized spacial score (nSPS) is 11.3. The maximum atomic E-state index is 13.8. The van der Waals surface area contributed by atoms with Crippen molar-refractivity contribution in [1.82, 2.24) is 10.2 Å². The molecule has 1 aliphatic carbocycles. The summed E-state index contributed by atoms with van der Waals surface area (Å²) in [5.41, 5.74) is 1.81. The summed E-state index contributed by atoms with van der Waals surface area (Å²) in [5, 5.41) is 10.9. The number of benzene rings is 2. The number of aromatic amines is 2. The van der Waals surface area contributed by atoms with Crippen LogP contribution in [-0.4, -0.2) is 17.3 Å². The zero-order chi connectivity index (χ0) is 16.0. The zero-order valence-electron chi connectivity index (χ0n) is 12.2. The van der Waals surface area contributed by atoms with Gasteiger partial charge in [-0.3, -0.25) is 10.2 Å². The van der Waals surface area contributed by atoms with Crippen LogP contribution in [0.15, 0.2) is 42.5 Å². The van der Waals surface area contributed by atoms with Crippen molar-refractivity contribution >= 4 is 22.3 Å². The second-order valence-corrected chi connectivity index (χ2v) is 5.26. The Labute approximate surface area is 130 Å². The maximum Gasteiger partial charge on any atom is 0.146 e. The number of fused-ring (bicyclic) bond motifs is 3. The quantitative estimate of drug-likeness (QED) is 0.516. The van der Waals surface area contributed by atoms with E-state index in [1.165, 1.54) is 0 Å². The van der Waals surface area contributed by atoms with Gasteiger partial charge in [-0.1, -0.05) is 6.07 Å². The van der Waals surface area contributed by atoms with Crippen molar-refractivity contribution in [1.29, 1.82) is 0 Å². The van der Waals surface area contributed by atoms with E-state index in [1.54, 1.807) is 7.11 Å². The lowest BCUT2D eigenvalue weighted by Gasteiger charge is -2.06. The second kappa shape index (κ2) is 5.01. The molecule has 0 amide bonds. The van der Waals surface area contributed by atoms with Crippen molar-refractivity contribution in [2.24, 2.45) is 0 Å². The summed E-state index contributed by atoms with van der Waals surface area (Å²) in [4.78, 5) is 0. The van der Waals surface area contributed by atoms with Crippen LogP contribution in [0, 0.1) is 11.6 Å². The van der Waals surface area contributed by atoms with Crippen LogP contribution in [0.5, 0.6) is 5.75 Å². The first-order valence-corrected chi connectivity index (χ1v) is 7.04. The molecular formula is C17H13F2N3O. The highest BCUT2D eigenvalue weighted by molar-refractivity contribution is 6.04. The molecule has 2 aromatic rings. The minimum atomic E-state index is -0.521. The monoisotopic (exact) mass is 313 g/mol. The van der Waals surface area contributed by atoms with Crippen molar-refractivity contribution in [2.45, 2.75) is 0 Å². The molecule has 0 fully saturated rings. The van der Waals surface area contributed by atoms with Gasteiger partial charge in [0.1, 0.15) is 23.2 Å². The minimum Gasteiger partial charge on any atom is -0.497 e. The van der Waals surface area contributed by atoms with Crippen LogP contribution in [0.4, 0.5) is 20.3 Å². The van der Waals surface area contributed by atoms with Gasteiger partial charge < -0.3 is 10.1 Å². The smallest absolute Gasteiger partial charge is 0.146 e. The highest BCUT2D eigenvalue weighted by Gasteiger charge is 2.18. The molecule has 2 aromatic carbocycles. The molecule has 23 heavy (non-hydrogen) atoms. The lowest BCUT2D eigenvalue weighted by Crippen LogP contribution is -1.95. The first kappa shape index (κ1) is 13.6. The van der Waals surface area contributed by atoms with E-state index in [4.69, 9.17) is 4.74 Å². The third-order valence-electron chi connectivity index (χ3n) is 3.87. The Morgan fingerprint density at radius 2 is 1.87 bits per heavy atom. The average molecular weight is 313 g/mol. The van der Waals surface area contributed by atoms with Gasteiger partial charge in [-0.05, 0) is 35.7 Å². The number of nitrogens with one attached hydrogen (secondary N) is 3. The maximum absolute atomic E-state index is 13.8. The third kappa shape index (κ3) is 2.19. The lowest BCUT2D eigenvalue weighted by atomic mass is 10.2. The summed E-state index contributed by atoms with van der Waals surface area (Å²) >= 11 is 0. The molecule has 1 heterocycles. The fourth-order valence-electron chi connectivity index (χ4n) is 2.73. The molecular weight excluding hydrogens is 300 g/mol. The molecule has 2 aliphatic rings. The number of hydrogen-bond donors (Lipinski definition) is 3. The summed E-state index contributed by atoms with van der Waals surface area (Å²) in [5.74, 6) is 0.301. The fraction of sp³-hybridized carbons (Fsp3) is 0.0588. The van der Waals surface area contributed by atoms with Gasteiger partial charge in [-0.2, -0.15) is 0 Å². The van der Waals surface area contributed by atoms with E-state index >= 15 is 0 Å². The van der Waals surface area contributed by atoms with Gasteiger partial charge in [0.15, 0.2) is 0 Å². The number of anilines is 2. The van der Waals surface area contributed by atoms with Crippen LogP contribution in [0.25, 0.3) is 22.0 Å².